The number of carbonyl (C=O) groups is 1. The second kappa shape index (κ2) is 5.18. The van der Waals surface area contributed by atoms with Crippen LogP contribution in [-0.4, -0.2) is 48.8 Å². The minimum atomic E-state index is -0.397. The molecule has 0 bridgehead atoms. The van der Waals surface area contributed by atoms with Crippen LogP contribution in [0.5, 0.6) is 0 Å². The average molecular weight is 279 g/mol. The third-order valence-electron chi connectivity index (χ3n) is 4.44. The van der Waals surface area contributed by atoms with Crippen LogP contribution in [0.2, 0.25) is 0 Å². The van der Waals surface area contributed by atoms with E-state index in [0.717, 1.165) is 43.9 Å². The topological polar surface area (TPSA) is 67.6 Å². The highest BCUT2D eigenvalue weighted by molar-refractivity contribution is 5.83. The maximum Gasteiger partial charge on any atom is 0.229 e. The van der Waals surface area contributed by atoms with Crippen molar-refractivity contribution in [3.05, 3.63) is 17.5 Å². The van der Waals surface area contributed by atoms with E-state index in [9.17, 15) is 4.79 Å². The van der Waals surface area contributed by atoms with Crippen LogP contribution < -0.4 is 5.32 Å². The quantitative estimate of drug-likeness (QED) is 0.882. The number of rotatable bonds is 3. The van der Waals surface area contributed by atoms with Gasteiger partial charge in [-0.3, -0.25) is 9.69 Å². The van der Waals surface area contributed by atoms with Crippen molar-refractivity contribution in [3.63, 3.8) is 0 Å². The minimum absolute atomic E-state index is 0.0535. The van der Waals surface area contributed by atoms with Gasteiger partial charge in [0, 0.05) is 39.4 Å². The summed E-state index contributed by atoms with van der Waals surface area (Å²) in [4.78, 5) is 14.6. The SMILES string of the molecule is CNC(=O)[C@@]12CCO[C@@H]1CCN(Cc1cc(C)on1)C2. The van der Waals surface area contributed by atoms with E-state index in [1.807, 2.05) is 13.0 Å². The summed E-state index contributed by atoms with van der Waals surface area (Å²) in [6.45, 7) is 4.94. The van der Waals surface area contributed by atoms with Crippen molar-refractivity contribution in [2.24, 2.45) is 5.41 Å². The van der Waals surface area contributed by atoms with E-state index in [4.69, 9.17) is 9.26 Å². The van der Waals surface area contributed by atoms with Gasteiger partial charge in [-0.2, -0.15) is 0 Å². The summed E-state index contributed by atoms with van der Waals surface area (Å²) < 4.78 is 10.9. The molecule has 0 radical (unpaired) electrons. The van der Waals surface area contributed by atoms with Gasteiger partial charge in [0.1, 0.15) is 5.76 Å². The van der Waals surface area contributed by atoms with Gasteiger partial charge in [-0.25, -0.2) is 0 Å². The molecule has 1 amide bonds. The highest BCUT2D eigenvalue weighted by Crippen LogP contribution is 2.41. The van der Waals surface area contributed by atoms with Crippen molar-refractivity contribution in [2.75, 3.05) is 26.7 Å². The predicted molar refractivity (Wildman–Crippen MR) is 72.0 cm³/mol. The van der Waals surface area contributed by atoms with Crippen LogP contribution in [0.15, 0.2) is 10.6 Å². The molecule has 3 rings (SSSR count). The zero-order valence-electron chi connectivity index (χ0n) is 12.0. The summed E-state index contributed by atoms with van der Waals surface area (Å²) in [5.74, 6) is 0.918. The van der Waals surface area contributed by atoms with E-state index < -0.39 is 5.41 Å². The number of amides is 1. The second-order valence-electron chi connectivity index (χ2n) is 5.77. The fraction of sp³-hybridized carbons (Fsp3) is 0.714. The maximum absolute atomic E-state index is 12.3. The van der Waals surface area contributed by atoms with Crippen LogP contribution in [0, 0.1) is 12.3 Å². The molecular formula is C14H21N3O3. The first-order valence-electron chi connectivity index (χ1n) is 7.12. The monoisotopic (exact) mass is 279 g/mol. The molecule has 1 aromatic rings. The molecule has 2 saturated heterocycles. The van der Waals surface area contributed by atoms with Crippen molar-refractivity contribution in [1.29, 1.82) is 0 Å². The van der Waals surface area contributed by atoms with Crippen molar-refractivity contribution in [3.8, 4) is 0 Å². The first kappa shape index (κ1) is 13.6. The molecule has 0 unspecified atom stereocenters. The third-order valence-corrected chi connectivity index (χ3v) is 4.44. The van der Waals surface area contributed by atoms with Crippen LogP contribution in [0.3, 0.4) is 0 Å². The number of aromatic nitrogens is 1. The van der Waals surface area contributed by atoms with Crippen LogP contribution in [0.1, 0.15) is 24.3 Å². The summed E-state index contributed by atoms with van der Waals surface area (Å²) in [6.07, 6.45) is 1.74. The molecule has 20 heavy (non-hydrogen) atoms. The fourth-order valence-corrected chi connectivity index (χ4v) is 3.46. The van der Waals surface area contributed by atoms with Gasteiger partial charge in [-0.05, 0) is 19.8 Å². The van der Waals surface area contributed by atoms with Gasteiger partial charge < -0.3 is 14.6 Å². The highest BCUT2D eigenvalue weighted by Gasteiger charge is 2.52. The number of piperidine rings is 1. The Morgan fingerprint density at radius 3 is 3.20 bits per heavy atom. The van der Waals surface area contributed by atoms with E-state index in [0.29, 0.717) is 6.61 Å². The maximum atomic E-state index is 12.3. The van der Waals surface area contributed by atoms with Crippen molar-refractivity contribution in [2.45, 2.75) is 32.4 Å². The summed E-state index contributed by atoms with van der Waals surface area (Å²) >= 11 is 0. The van der Waals surface area contributed by atoms with E-state index in [-0.39, 0.29) is 12.0 Å². The molecule has 2 fully saturated rings. The van der Waals surface area contributed by atoms with Crippen molar-refractivity contribution in [1.82, 2.24) is 15.4 Å². The number of likely N-dealkylation sites (tertiary alicyclic amines) is 1. The number of aryl methyl sites for hydroxylation is 1. The fourth-order valence-electron chi connectivity index (χ4n) is 3.46. The Kier molecular flexibility index (Phi) is 3.52. The second-order valence-corrected chi connectivity index (χ2v) is 5.77. The van der Waals surface area contributed by atoms with Crippen LogP contribution in [0.4, 0.5) is 0 Å². The van der Waals surface area contributed by atoms with Gasteiger partial charge in [0.2, 0.25) is 5.91 Å². The standard InChI is InChI=1S/C14H21N3O3/c1-10-7-11(16-20-10)8-17-5-3-12-14(9-17,4-6-19-12)13(18)15-2/h7,12H,3-6,8-9H2,1-2H3,(H,15,18)/t12-,14-/m1/s1. The van der Waals surface area contributed by atoms with Crippen LogP contribution in [-0.2, 0) is 16.1 Å². The molecule has 6 nitrogen and oxygen atoms in total. The zero-order valence-corrected chi connectivity index (χ0v) is 12.0. The molecule has 2 aliphatic heterocycles. The van der Waals surface area contributed by atoms with Gasteiger partial charge in [0.25, 0.3) is 0 Å². The Balaban J connectivity index is 1.74. The molecule has 3 heterocycles. The number of hydrogen-bond acceptors (Lipinski definition) is 5. The molecule has 0 aromatic carbocycles. The Bertz CT molecular complexity index is 502. The first-order valence-corrected chi connectivity index (χ1v) is 7.12. The number of hydrogen-bond donors (Lipinski definition) is 1. The van der Waals surface area contributed by atoms with E-state index in [2.05, 4.69) is 15.4 Å². The van der Waals surface area contributed by atoms with Gasteiger partial charge in [0.15, 0.2) is 0 Å². The van der Waals surface area contributed by atoms with E-state index in [1.54, 1.807) is 7.05 Å². The largest absolute Gasteiger partial charge is 0.377 e. The predicted octanol–water partition coefficient (Wildman–Crippen LogP) is 0.710. The molecule has 0 saturated carbocycles. The Morgan fingerprint density at radius 2 is 2.50 bits per heavy atom. The lowest BCUT2D eigenvalue weighted by Gasteiger charge is -2.41. The van der Waals surface area contributed by atoms with Gasteiger partial charge >= 0.3 is 0 Å². The third kappa shape index (κ3) is 2.23. The number of carbonyl (C=O) groups excluding carboxylic acids is 1. The lowest BCUT2D eigenvalue weighted by atomic mass is 9.75. The number of fused-ring (bicyclic) bond motifs is 1. The van der Waals surface area contributed by atoms with Crippen LogP contribution in [0.25, 0.3) is 0 Å². The van der Waals surface area contributed by atoms with E-state index in [1.165, 1.54) is 0 Å². The zero-order chi connectivity index (χ0) is 14.2. The molecule has 0 spiro atoms. The van der Waals surface area contributed by atoms with Gasteiger partial charge in [-0.1, -0.05) is 5.16 Å². The molecule has 6 heteroatoms. The molecule has 1 aromatic heterocycles. The Labute approximate surface area is 118 Å². The number of nitrogens with one attached hydrogen (secondary N) is 1. The van der Waals surface area contributed by atoms with Gasteiger partial charge in [0.05, 0.1) is 17.2 Å². The Hall–Kier alpha value is -1.40. The Morgan fingerprint density at radius 1 is 1.65 bits per heavy atom. The highest BCUT2D eigenvalue weighted by atomic mass is 16.5. The van der Waals surface area contributed by atoms with Crippen molar-refractivity contribution < 1.29 is 14.1 Å². The summed E-state index contributed by atoms with van der Waals surface area (Å²) in [6, 6.07) is 1.95. The summed E-state index contributed by atoms with van der Waals surface area (Å²) in [7, 11) is 1.70. The molecular weight excluding hydrogens is 258 g/mol. The van der Waals surface area contributed by atoms with Gasteiger partial charge in [-0.15, -0.1) is 0 Å². The molecule has 1 N–H and O–H groups in total. The molecule has 0 aliphatic carbocycles. The normalized spacial score (nSPS) is 30.2. The summed E-state index contributed by atoms with van der Waals surface area (Å²) in [5.41, 5.74) is 0.526. The number of ether oxygens (including phenoxy) is 1. The molecule has 110 valence electrons. The van der Waals surface area contributed by atoms with Crippen molar-refractivity contribution >= 4 is 5.91 Å². The summed E-state index contributed by atoms with van der Waals surface area (Å²) in [5, 5.41) is 6.84. The smallest absolute Gasteiger partial charge is 0.229 e. The lowest BCUT2D eigenvalue weighted by molar-refractivity contribution is -0.139. The van der Waals surface area contributed by atoms with Crippen LogP contribution >= 0.6 is 0 Å². The molecule has 2 aliphatic rings. The average Bonchev–Trinajstić information content (AvgIpc) is 3.04. The first-order chi connectivity index (χ1) is 9.64. The van der Waals surface area contributed by atoms with E-state index >= 15 is 0 Å². The minimum Gasteiger partial charge on any atom is -0.377 e. The molecule has 2 atom stereocenters. The lowest BCUT2D eigenvalue weighted by Crippen LogP contribution is -2.56. The number of nitrogens with zero attached hydrogens (tertiary/aromatic N) is 2.